The van der Waals surface area contributed by atoms with E-state index in [1.807, 2.05) is 6.07 Å². The Kier molecular flexibility index (Phi) is 9.17. The molecule has 180 valence electrons. The van der Waals surface area contributed by atoms with Crippen LogP contribution in [0.3, 0.4) is 0 Å². The van der Waals surface area contributed by atoms with E-state index in [1.54, 1.807) is 45.0 Å². The second-order valence-corrected chi connectivity index (χ2v) is 8.81. The Hall–Kier alpha value is -2.80. The van der Waals surface area contributed by atoms with Gasteiger partial charge in [0.25, 0.3) is 0 Å². The van der Waals surface area contributed by atoms with Crippen molar-refractivity contribution in [2.75, 3.05) is 16.8 Å². The van der Waals surface area contributed by atoms with Crippen molar-refractivity contribution >= 4 is 23.3 Å². The van der Waals surface area contributed by atoms with Gasteiger partial charge < -0.3 is 11.5 Å². The van der Waals surface area contributed by atoms with Crippen molar-refractivity contribution < 1.29 is 58.5 Å². The number of rotatable bonds is 5. The molecule has 0 fully saturated rings. The molecule has 0 atom stereocenters. The second kappa shape index (κ2) is 11.3. The van der Waals surface area contributed by atoms with Gasteiger partial charge in [-0.15, -0.1) is 0 Å². The molecule has 1 aliphatic carbocycles. The first-order valence-electron chi connectivity index (χ1n) is 10.6. The minimum Gasteiger partial charge on any atom is -1.00 e. The summed E-state index contributed by atoms with van der Waals surface area (Å²) < 4.78 is 44.8. The maximum absolute atomic E-state index is 13.1. The monoisotopic (exact) mass is 495 g/mol. The van der Waals surface area contributed by atoms with Crippen LogP contribution in [0.4, 0.5) is 29.3 Å². The van der Waals surface area contributed by atoms with Crippen LogP contribution < -0.4 is 39.8 Å². The molecule has 1 N–H and O–H groups in total. The van der Waals surface area contributed by atoms with Crippen LogP contribution >= 0.6 is 0 Å². The van der Waals surface area contributed by atoms with E-state index in [4.69, 9.17) is 10.00 Å². The standard InChI is InChI=1S/C25H24F3N3O3.Na.H/c1-24(2,3)34-23(33)31(19-9-7-16(14-29)8-10-19)15-20-21(11-12-22(20)32)30-18-6-4-5-17(13-18)25(26,27)28;;/h4-10,13,30H,11-12,15H2,1-3H3;;/q;+1;-1. The van der Waals surface area contributed by atoms with E-state index in [1.165, 1.54) is 17.0 Å². The number of benzene rings is 2. The van der Waals surface area contributed by atoms with Crippen LogP contribution in [0.1, 0.15) is 46.2 Å². The quantitative estimate of drug-likeness (QED) is 0.645. The maximum atomic E-state index is 13.1. The Morgan fingerprint density at radius 2 is 1.80 bits per heavy atom. The average Bonchev–Trinajstić information content (AvgIpc) is 3.09. The van der Waals surface area contributed by atoms with Crippen LogP contribution in [0.25, 0.3) is 0 Å². The Labute approximate surface area is 225 Å². The molecule has 3 rings (SSSR count). The predicted octanol–water partition coefficient (Wildman–Crippen LogP) is 3.16. The van der Waals surface area contributed by atoms with Gasteiger partial charge in [0.2, 0.25) is 0 Å². The third kappa shape index (κ3) is 7.59. The Morgan fingerprint density at radius 1 is 1.14 bits per heavy atom. The number of carbonyl (C=O) groups excluding carboxylic acids is 2. The molecule has 6 nitrogen and oxygen atoms in total. The second-order valence-electron chi connectivity index (χ2n) is 8.81. The van der Waals surface area contributed by atoms with Crippen molar-refractivity contribution in [3.63, 3.8) is 0 Å². The van der Waals surface area contributed by atoms with Gasteiger partial charge >= 0.3 is 41.8 Å². The molecule has 1 amide bonds. The summed E-state index contributed by atoms with van der Waals surface area (Å²) in [4.78, 5) is 26.9. The molecule has 10 heteroatoms. The van der Waals surface area contributed by atoms with Crippen molar-refractivity contribution in [3.8, 4) is 6.07 Å². The first-order valence-corrected chi connectivity index (χ1v) is 10.6. The van der Waals surface area contributed by atoms with E-state index in [-0.39, 0.29) is 61.0 Å². The molecule has 2 aromatic carbocycles. The fourth-order valence-corrected chi connectivity index (χ4v) is 3.43. The zero-order valence-corrected chi connectivity index (χ0v) is 22.0. The average molecular weight is 495 g/mol. The number of ether oxygens (including phenoxy) is 1. The zero-order valence-electron chi connectivity index (χ0n) is 21.0. The molecule has 1 aliphatic rings. The van der Waals surface area contributed by atoms with Gasteiger partial charge in [0, 0.05) is 29.1 Å². The SMILES string of the molecule is CC(C)(C)OC(=O)N(CC1=C(Nc2cccc(C(F)(F)F)c2)CCC1=O)c1ccc(C#N)cc1.[H-].[Na+]. The third-order valence-corrected chi connectivity index (χ3v) is 5.03. The first kappa shape index (κ1) is 28.4. The van der Waals surface area contributed by atoms with Gasteiger partial charge in [0.05, 0.1) is 23.7 Å². The molecule has 0 bridgehead atoms. The molecule has 0 aliphatic heterocycles. The summed E-state index contributed by atoms with van der Waals surface area (Å²) in [6, 6.07) is 12.9. The number of nitrogens with zero attached hydrogens (tertiary/aromatic N) is 2. The Morgan fingerprint density at radius 3 is 2.37 bits per heavy atom. The van der Waals surface area contributed by atoms with Crippen LogP contribution in [0, 0.1) is 11.3 Å². The normalized spacial score (nSPS) is 13.7. The van der Waals surface area contributed by atoms with Gasteiger partial charge in [0.15, 0.2) is 5.78 Å². The largest absolute Gasteiger partial charge is 1.00 e. The number of anilines is 2. The van der Waals surface area contributed by atoms with Crippen LogP contribution in [-0.4, -0.2) is 24.0 Å². The first-order chi connectivity index (χ1) is 15.9. The molecule has 0 spiro atoms. The van der Waals surface area contributed by atoms with E-state index in [0.717, 1.165) is 12.1 Å². The summed E-state index contributed by atoms with van der Waals surface area (Å²) in [5.41, 5.74) is 0.139. The van der Waals surface area contributed by atoms with Crippen molar-refractivity contribution in [1.82, 2.24) is 0 Å². The minimum absolute atomic E-state index is 0. The number of Topliss-reactive ketones (excluding diaryl/α,β-unsaturated/α-hetero) is 1. The van der Waals surface area contributed by atoms with Crippen LogP contribution in [0.15, 0.2) is 59.8 Å². The summed E-state index contributed by atoms with van der Waals surface area (Å²) in [6.07, 6.45) is -4.71. The van der Waals surface area contributed by atoms with E-state index in [9.17, 15) is 22.8 Å². The Balaban J connectivity index is 0.00000324. The molecule has 0 saturated carbocycles. The predicted molar refractivity (Wildman–Crippen MR) is 122 cm³/mol. The number of hydrogen-bond acceptors (Lipinski definition) is 5. The van der Waals surface area contributed by atoms with Crippen LogP contribution in [-0.2, 0) is 15.7 Å². The molecule has 0 unspecified atom stereocenters. The molecule has 35 heavy (non-hydrogen) atoms. The Bertz CT molecular complexity index is 1170. The van der Waals surface area contributed by atoms with Crippen molar-refractivity contribution in [2.24, 2.45) is 0 Å². The van der Waals surface area contributed by atoms with Crippen molar-refractivity contribution in [1.29, 1.82) is 5.26 Å². The van der Waals surface area contributed by atoms with Gasteiger partial charge in [-0.1, -0.05) is 6.07 Å². The van der Waals surface area contributed by atoms with Gasteiger partial charge in [-0.3, -0.25) is 9.69 Å². The minimum atomic E-state index is -4.50. The molecule has 0 aromatic heterocycles. The molecule has 2 aromatic rings. The van der Waals surface area contributed by atoms with E-state index in [2.05, 4.69) is 5.32 Å². The van der Waals surface area contributed by atoms with Gasteiger partial charge in [-0.05, 0) is 69.7 Å². The van der Waals surface area contributed by atoms with Gasteiger partial charge in [-0.2, -0.15) is 18.4 Å². The number of ketones is 1. The van der Waals surface area contributed by atoms with Crippen molar-refractivity contribution in [2.45, 2.75) is 45.4 Å². The number of amides is 1. The molecular formula is C25H25F3N3NaO3. The number of carbonyl (C=O) groups is 2. The number of halogens is 3. The van der Waals surface area contributed by atoms with E-state index in [0.29, 0.717) is 23.4 Å². The maximum Gasteiger partial charge on any atom is 1.00 e. The fraction of sp³-hybridized carbons (Fsp3) is 0.320. The molecule has 0 saturated heterocycles. The number of hydrogen-bond donors (Lipinski definition) is 1. The number of nitrogens with one attached hydrogen (secondary N) is 1. The molecule has 0 heterocycles. The number of nitriles is 1. The van der Waals surface area contributed by atoms with Crippen LogP contribution in [0.5, 0.6) is 0 Å². The van der Waals surface area contributed by atoms with Gasteiger partial charge in [-0.25, -0.2) is 4.79 Å². The van der Waals surface area contributed by atoms with Gasteiger partial charge in [0.1, 0.15) is 5.60 Å². The summed E-state index contributed by atoms with van der Waals surface area (Å²) in [7, 11) is 0. The summed E-state index contributed by atoms with van der Waals surface area (Å²) in [5.74, 6) is -0.211. The summed E-state index contributed by atoms with van der Waals surface area (Å²) in [6.45, 7) is 4.99. The summed E-state index contributed by atoms with van der Waals surface area (Å²) >= 11 is 0. The van der Waals surface area contributed by atoms with Crippen LogP contribution in [0.2, 0.25) is 0 Å². The summed E-state index contributed by atoms with van der Waals surface area (Å²) in [5, 5.41) is 12.0. The topological polar surface area (TPSA) is 82.4 Å². The zero-order chi connectivity index (χ0) is 25.1. The van der Waals surface area contributed by atoms with E-state index < -0.39 is 23.4 Å². The smallest absolute Gasteiger partial charge is 1.00 e. The number of alkyl halides is 3. The molecule has 0 radical (unpaired) electrons. The van der Waals surface area contributed by atoms with E-state index >= 15 is 0 Å². The fourth-order valence-electron chi connectivity index (χ4n) is 3.43. The third-order valence-electron chi connectivity index (χ3n) is 5.03. The van der Waals surface area contributed by atoms with Crippen molar-refractivity contribution in [3.05, 3.63) is 70.9 Å². The molecular weight excluding hydrogens is 470 g/mol. The number of allylic oxidation sites excluding steroid dienone is 1.